The van der Waals surface area contributed by atoms with Crippen LogP contribution in [0.1, 0.15) is 52.4 Å². The van der Waals surface area contributed by atoms with Crippen LogP contribution in [0.15, 0.2) is 0 Å². The molecule has 4 aliphatic carbocycles. The average Bonchev–Trinajstić information content (AvgIpc) is 3.14. The van der Waals surface area contributed by atoms with E-state index in [1.807, 2.05) is 6.92 Å². The van der Waals surface area contributed by atoms with Crippen molar-refractivity contribution in [2.75, 3.05) is 0 Å². The fourth-order valence-corrected chi connectivity index (χ4v) is 6.07. The molecule has 0 aromatic carbocycles. The lowest BCUT2D eigenvalue weighted by Crippen LogP contribution is -2.38. The Morgan fingerprint density at radius 1 is 1.11 bits per heavy atom. The normalized spacial score (nSPS) is 51.4. The standard InChI is InChI=1S/C17H26O2/c1-3-9(2)17(18)19-14-8-12-7-13(14)16-11-5-4-10(6-11)15(12)16/h9-16H,3-8H2,1-2H3. The zero-order valence-corrected chi connectivity index (χ0v) is 12.2. The Labute approximate surface area is 116 Å². The number of ether oxygens (including phenoxy) is 1. The number of carbonyl (C=O) groups is 1. The van der Waals surface area contributed by atoms with Gasteiger partial charge in [0, 0.05) is 0 Å². The molecule has 19 heavy (non-hydrogen) atoms. The zero-order chi connectivity index (χ0) is 13.1. The fourth-order valence-electron chi connectivity index (χ4n) is 6.07. The molecule has 0 aromatic rings. The second kappa shape index (κ2) is 4.23. The van der Waals surface area contributed by atoms with E-state index in [4.69, 9.17) is 4.74 Å². The summed E-state index contributed by atoms with van der Waals surface area (Å²) in [6.45, 7) is 4.06. The Kier molecular flexibility index (Phi) is 2.72. The lowest BCUT2D eigenvalue weighted by atomic mass is 9.70. The van der Waals surface area contributed by atoms with Gasteiger partial charge in [-0.15, -0.1) is 0 Å². The molecule has 2 heteroatoms. The van der Waals surface area contributed by atoms with Crippen molar-refractivity contribution in [1.29, 1.82) is 0 Å². The zero-order valence-electron chi connectivity index (χ0n) is 12.2. The predicted octanol–water partition coefficient (Wildman–Crippen LogP) is 3.65. The van der Waals surface area contributed by atoms with Crippen LogP contribution in [0.4, 0.5) is 0 Å². The summed E-state index contributed by atoms with van der Waals surface area (Å²) in [7, 11) is 0. The molecule has 4 fully saturated rings. The minimum absolute atomic E-state index is 0.0553. The largest absolute Gasteiger partial charge is 0.462 e. The van der Waals surface area contributed by atoms with E-state index < -0.39 is 0 Å². The lowest BCUT2D eigenvalue weighted by Gasteiger charge is -2.38. The first-order valence-electron chi connectivity index (χ1n) is 8.39. The molecule has 0 amide bonds. The third-order valence-corrected chi connectivity index (χ3v) is 6.96. The number of fused-ring (bicyclic) bond motifs is 9. The molecule has 8 unspecified atom stereocenters. The first-order chi connectivity index (χ1) is 9.19. The van der Waals surface area contributed by atoms with Crippen LogP contribution in [0.2, 0.25) is 0 Å². The number of rotatable bonds is 3. The van der Waals surface area contributed by atoms with Crippen molar-refractivity contribution in [3.05, 3.63) is 0 Å². The van der Waals surface area contributed by atoms with Crippen molar-refractivity contribution >= 4 is 5.97 Å². The van der Waals surface area contributed by atoms with E-state index in [0.29, 0.717) is 0 Å². The maximum Gasteiger partial charge on any atom is 0.308 e. The molecular formula is C17H26O2. The summed E-state index contributed by atoms with van der Waals surface area (Å²) in [6, 6.07) is 0. The number of hydrogen-bond acceptors (Lipinski definition) is 2. The van der Waals surface area contributed by atoms with Gasteiger partial charge in [0.1, 0.15) is 6.10 Å². The summed E-state index contributed by atoms with van der Waals surface area (Å²) in [6.07, 6.45) is 8.16. The minimum Gasteiger partial charge on any atom is -0.462 e. The van der Waals surface area contributed by atoms with Gasteiger partial charge < -0.3 is 4.74 Å². The van der Waals surface area contributed by atoms with E-state index in [2.05, 4.69) is 6.92 Å². The van der Waals surface area contributed by atoms with Crippen LogP contribution in [-0.4, -0.2) is 12.1 Å². The van der Waals surface area contributed by atoms with Gasteiger partial charge in [-0.3, -0.25) is 4.79 Å². The number of carbonyl (C=O) groups excluding carboxylic acids is 1. The van der Waals surface area contributed by atoms with Crippen molar-refractivity contribution in [3.8, 4) is 0 Å². The molecule has 0 heterocycles. The summed E-state index contributed by atoms with van der Waals surface area (Å²) >= 11 is 0. The van der Waals surface area contributed by atoms with Crippen molar-refractivity contribution in [2.24, 2.45) is 41.4 Å². The molecule has 4 bridgehead atoms. The van der Waals surface area contributed by atoms with E-state index in [1.54, 1.807) is 0 Å². The van der Waals surface area contributed by atoms with Gasteiger partial charge in [-0.2, -0.15) is 0 Å². The summed E-state index contributed by atoms with van der Waals surface area (Å²) in [5.41, 5.74) is 0. The molecule has 8 atom stereocenters. The van der Waals surface area contributed by atoms with Crippen molar-refractivity contribution in [3.63, 3.8) is 0 Å². The quantitative estimate of drug-likeness (QED) is 0.573. The Balaban J connectivity index is 1.46. The molecule has 0 aliphatic heterocycles. The number of hydrogen-bond donors (Lipinski definition) is 0. The summed E-state index contributed by atoms with van der Waals surface area (Å²) in [5, 5.41) is 0. The van der Waals surface area contributed by atoms with Crippen LogP contribution >= 0.6 is 0 Å². The molecule has 106 valence electrons. The van der Waals surface area contributed by atoms with Gasteiger partial charge in [0.25, 0.3) is 0 Å². The van der Waals surface area contributed by atoms with Crippen LogP contribution in [0, 0.1) is 41.4 Å². The average molecular weight is 262 g/mol. The third kappa shape index (κ3) is 1.64. The van der Waals surface area contributed by atoms with Gasteiger partial charge in [-0.05, 0) is 74.0 Å². The topological polar surface area (TPSA) is 26.3 Å². The Bertz CT molecular complexity index is 391. The smallest absolute Gasteiger partial charge is 0.308 e. The molecule has 0 radical (unpaired) electrons. The van der Waals surface area contributed by atoms with E-state index in [0.717, 1.165) is 41.9 Å². The monoisotopic (exact) mass is 262 g/mol. The highest BCUT2D eigenvalue weighted by Gasteiger charge is 2.63. The van der Waals surface area contributed by atoms with Crippen molar-refractivity contribution < 1.29 is 9.53 Å². The van der Waals surface area contributed by atoms with E-state index >= 15 is 0 Å². The SMILES string of the molecule is CCC(C)C(=O)OC1CC2CC1C1C3CCC(C3)C21. The van der Waals surface area contributed by atoms with E-state index in [1.165, 1.54) is 32.1 Å². The Morgan fingerprint density at radius 2 is 1.84 bits per heavy atom. The molecule has 2 nitrogen and oxygen atoms in total. The van der Waals surface area contributed by atoms with Crippen LogP contribution in [0.25, 0.3) is 0 Å². The first kappa shape index (κ1) is 12.2. The Hall–Kier alpha value is -0.530. The molecule has 0 N–H and O–H groups in total. The Morgan fingerprint density at radius 3 is 2.58 bits per heavy atom. The van der Waals surface area contributed by atoms with Crippen LogP contribution in [-0.2, 0) is 9.53 Å². The predicted molar refractivity (Wildman–Crippen MR) is 73.4 cm³/mol. The second-order valence-electron chi connectivity index (χ2n) is 7.67. The molecule has 4 rings (SSSR count). The van der Waals surface area contributed by atoms with Gasteiger partial charge in [0.05, 0.1) is 5.92 Å². The van der Waals surface area contributed by atoms with Crippen molar-refractivity contribution in [1.82, 2.24) is 0 Å². The van der Waals surface area contributed by atoms with Gasteiger partial charge in [-0.25, -0.2) is 0 Å². The van der Waals surface area contributed by atoms with E-state index in [-0.39, 0.29) is 18.0 Å². The summed E-state index contributed by atoms with van der Waals surface area (Å²) in [4.78, 5) is 12.0. The summed E-state index contributed by atoms with van der Waals surface area (Å²) < 4.78 is 5.87. The second-order valence-corrected chi connectivity index (χ2v) is 7.67. The van der Waals surface area contributed by atoms with Gasteiger partial charge in [-0.1, -0.05) is 13.8 Å². The molecule has 0 saturated heterocycles. The van der Waals surface area contributed by atoms with Gasteiger partial charge in [0.15, 0.2) is 0 Å². The number of esters is 1. The van der Waals surface area contributed by atoms with Crippen molar-refractivity contribution in [2.45, 2.75) is 58.5 Å². The molecule has 0 aromatic heterocycles. The maximum atomic E-state index is 12.0. The highest BCUT2D eigenvalue weighted by atomic mass is 16.5. The highest BCUT2D eigenvalue weighted by molar-refractivity contribution is 5.72. The molecule has 4 aliphatic rings. The van der Waals surface area contributed by atoms with Crippen LogP contribution in [0.5, 0.6) is 0 Å². The molecule has 0 spiro atoms. The van der Waals surface area contributed by atoms with Crippen LogP contribution in [0.3, 0.4) is 0 Å². The fraction of sp³-hybridized carbons (Fsp3) is 0.941. The van der Waals surface area contributed by atoms with Gasteiger partial charge >= 0.3 is 5.97 Å². The molecular weight excluding hydrogens is 236 g/mol. The highest BCUT2D eigenvalue weighted by Crippen LogP contribution is 2.67. The first-order valence-corrected chi connectivity index (χ1v) is 8.39. The lowest BCUT2D eigenvalue weighted by molar-refractivity contribution is -0.158. The maximum absolute atomic E-state index is 12.0. The third-order valence-electron chi connectivity index (χ3n) is 6.96. The summed E-state index contributed by atoms with van der Waals surface area (Å²) in [5.74, 6) is 5.70. The van der Waals surface area contributed by atoms with Gasteiger partial charge in [0.2, 0.25) is 0 Å². The minimum atomic E-state index is 0.0553. The molecule has 4 saturated carbocycles. The van der Waals surface area contributed by atoms with E-state index in [9.17, 15) is 4.79 Å². The van der Waals surface area contributed by atoms with Crippen LogP contribution < -0.4 is 0 Å².